The molecule has 0 bridgehead atoms. The first-order chi connectivity index (χ1) is 9.91. The highest BCUT2D eigenvalue weighted by molar-refractivity contribution is 5.84. The highest BCUT2D eigenvalue weighted by Gasteiger charge is 2.35. The van der Waals surface area contributed by atoms with Crippen LogP contribution in [0, 0.1) is 25.7 Å². The van der Waals surface area contributed by atoms with Gasteiger partial charge >= 0.3 is 5.97 Å². The number of nitrogens with zero attached hydrogens (tertiary/aromatic N) is 2. The lowest BCUT2D eigenvalue weighted by Gasteiger charge is -2.27. The lowest BCUT2D eigenvalue weighted by Crippen LogP contribution is -2.39. The van der Waals surface area contributed by atoms with E-state index in [4.69, 9.17) is 0 Å². The number of carbonyl (C=O) groups is 2. The molecule has 1 aliphatic rings. The first-order valence-electron chi connectivity index (χ1n) is 7.41. The van der Waals surface area contributed by atoms with Gasteiger partial charge in [-0.25, -0.2) is 0 Å². The summed E-state index contributed by atoms with van der Waals surface area (Å²) < 4.78 is 1.79. The van der Waals surface area contributed by atoms with E-state index in [1.54, 1.807) is 4.68 Å². The molecule has 0 spiro atoms. The molecule has 0 radical (unpaired) electrons. The van der Waals surface area contributed by atoms with E-state index in [-0.39, 0.29) is 5.91 Å². The number of aliphatic carboxylic acids is 1. The lowest BCUT2D eigenvalue weighted by molar-refractivity contribution is -0.148. The Labute approximate surface area is 124 Å². The number of amides is 1. The molecule has 2 rings (SSSR count). The molecule has 116 valence electrons. The van der Waals surface area contributed by atoms with Gasteiger partial charge in [0.2, 0.25) is 5.91 Å². The van der Waals surface area contributed by atoms with Gasteiger partial charge in [-0.2, -0.15) is 5.10 Å². The van der Waals surface area contributed by atoms with Crippen molar-refractivity contribution in [3.63, 3.8) is 0 Å². The summed E-state index contributed by atoms with van der Waals surface area (Å²) in [6.07, 6.45) is 3.07. The number of hydrogen-bond acceptors (Lipinski definition) is 3. The van der Waals surface area contributed by atoms with E-state index in [1.807, 2.05) is 20.9 Å². The molecule has 1 aromatic heterocycles. The molecular weight excluding hydrogens is 270 g/mol. The fourth-order valence-corrected chi connectivity index (χ4v) is 3.12. The average Bonchev–Trinajstić information content (AvgIpc) is 2.70. The molecule has 0 saturated heterocycles. The minimum atomic E-state index is -0.858. The first-order valence-corrected chi connectivity index (χ1v) is 7.41. The smallest absolute Gasteiger partial charge is 0.307 e. The van der Waals surface area contributed by atoms with Crippen molar-refractivity contribution in [2.75, 3.05) is 0 Å². The summed E-state index contributed by atoms with van der Waals surface area (Å²) in [6, 6.07) is 0. The molecule has 1 amide bonds. The molecule has 2 N–H and O–H groups in total. The van der Waals surface area contributed by atoms with E-state index in [0.717, 1.165) is 29.8 Å². The van der Waals surface area contributed by atoms with Crippen LogP contribution >= 0.6 is 0 Å². The molecule has 1 saturated carbocycles. The Bertz CT molecular complexity index is 551. The number of carboxylic acid groups (broad SMARTS) is 1. The summed E-state index contributed by atoms with van der Waals surface area (Å²) in [4.78, 5) is 23.6. The topological polar surface area (TPSA) is 84.2 Å². The van der Waals surface area contributed by atoms with Crippen LogP contribution in [0.15, 0.2) is 0 Å². The second kappa shape index (κ2) is 6.28. The van der Waals surface area contributed by atoms with E-state index < -0.39 is 17.8 Å². The molecular formula is C15H23N3O3. The van der Waals surface area contributed by atoms with Crippen LogP contribution in [0.3, 0.4) is 0 Å². The molecule has 2 atom stereocenters. The number of carbonyl (C=O) groups excluding carboxylic acids is 1. The van der Waals surface area contributed by atoms with Gasteiger partial charge in [-0.05, 0) is 26.7 Å². The molecule has 1 fully saturated rings. The molecule has 1 aromatic rings. The summed E-state index contributed by atoms with van der Waals surface area (Å²) in [6.45, 7) is 4.28. The number of hydrogen-bond donors (Lipinski definition) is 2. The second-order valence-corrected chi connectivity index (χ2v) is 5.83. The summed E-state index contributed by atoms with van der Waals surface area (Å²) in [5.41, 5.74) is 2.92. The fourth-order valence-electron chi connectivity index (χ4n) is 3.12. The van der Waals surface area contributed by atoms with E-state index in [1.165, 1.54) is 0 Å². The number of rotatable bonds is 4. The Kier molecular flexibility index (Phi) is 4.65. The minimum Gasteiger partial charge on any atom is -0.481 e. The Balaban J connectivity index is 2.02. The molecule has 21 heavy (non-hydrogen) atoms. The van der Waals surface area contributed by atoms with Crippen LogP contribution in [0.2, 0.25) is 0 Å². The maximum atomic E-state index is 12.3. The Morgan fingerprint density at radius 2 is 1.90 bits per heavy atom. The zero-order chi connectivity index (χ0) is 15.6. The Morgan fingerprint density at radius 3 is 2.43 bits per heavy atom. The summed E-state index contributed by atoms with van der Waals surface area (Å²) >= 11 is 0. The highest BCUT2D eigenvalue weighted by Crippen LogP contribution is 2.30. The summed E-state index contributed by atoms with van der Waals surface area (Å²) in [5.74, 6) is -1.96. The largest absolute Gasteiger partial charge is 0.481 e. The molecule has 6 nitrogen and oxygen atoms in total. The van der Waals surface area contributed by atoms with Crippen molar-refractivity contribution in [2.45, 2.75) is 46.1 Å². The van der Waals surface area contributed by atoms with Crippen molar-refractivity contribution >= 4 is 11.9 Å². The van der Waals surface area contributed by atoms with Crippen molar-refractivity contribution in [3.05, 3.63) is 17.0 Å². The van der Waals surface area contributed by atoms with E-state index in [9.17, 15) is 14.7 Å². The molecule has 1 aliphatic carbocycles. The van der Waals surface area contributed by atoms with Crippen molar-refractivity contribution < 1.29 is 14.7 Å². The van der Waals surface area contributed by atoms with Crippen molar-refractivity contribution in [3.8, 4) is 0 Å². The zero-order valence-corrected chi connectivity index (χ0v) is 12.8. The van der Waals surface area contributed by atoms with Crippen LogP contribution in [0.1, 0.15) is 42.6 Å². The normalized spacial score (nSPS) is 22.0. The SMILES string of the molecule is Cc1nn(C)c(C)c1CNC(=O)[C@@H]1CCCC[C@@H]1C(=O)O. The van der Waals surface area contributed by atoms with E-state index >= 15 is 0 Å². The number of carboxylic acids is 1. The van der Waals surface area contributed by atoms with Crippen LogP contribution in [0.5, 0.6) is 0 Å². The van der Waals surface area contributed by atoms with Crippen molar-refractivity contribution in [1.29, 1.82) is 0 Å². The molecule has 6 heteroatoms. The van der Waals surface area contributed by atoms with Crippen LogP contribution in [0.25, 0.3) is 0 Å². The fraction of sp³-hybridized carbons (Fsp3) is 0.667. The van der Waals surface area contributed by atoms with Gasteiger partial charge < -0.3 is 10.4 Å². The Hall–Kier alpha value is -1.85. The van der Waals surface area contributed by atoms with Gasteiger partial charge in [0.05, 0.1) is 17.5 Å². The standard InChI is InChI=1S/C15H23N3O3/c1-9-13(10(2)18(3)17-9)8-16-14(19)11-6-4-5-7-12(11)15(20)21/h11-12H,4-8H2,1-3H3,(H,16,19)(H,20,21)/t11-,12+/m1/s1. The van der Waals surface area contributed by atoms with Gasteiger partial charge in [0.1, 0.15) is 0 Å². The number of nitrogens with one attached hydrogen (secondary N) is 1. The van der Waals surface area contributed by atoms with Gasteiger partial charge in [-0.1, -0.05) is 12.8 Å². The van der Waals surface area contributed by atoms with Gasteiger partial charge in [0, 0.05) is 24.8 Å². The van der Waals surface area contributed by atoms with Gasteiger partial charge in [0.15, 0.2) is 0 Å². The number of aromatic nitrogens is 2. The van der Waals surface area contributed by atoms with Gasteiger partial charge in [0.25, 0.3) is 0 Å². The van der Waals surface area contributed by atoms with Crippen LogP contribution in [-0.4, -0.2) is 26.8 Å². The maximum absolute atomic E-state index is 12.3. The maximum Gasteiger partial charge on any atom is 0.307 e. The first kappa shape index (κ1) is 15.5. The van der Waals surface area contributed by atoms with Gasteiger partial charge in [-0.3, -0.25) is 14.3 Å². The quantitative estimate of drug-likeness (QED) is 0.882. The predicted octanol–water partition coefficient (Wildman–Crippen LogP) is 1.54. The third-order valence-electron chi connectivity index (χ3n) is 4.52. The van der Waals surface area contributed by atoms with Crippen molar-refractivity contribution in [2.24, 2.45) is 18.9 Å². The van der Waals surface area contributed by atoms with E-state index in [0.29, 0.717) is 19.4 Å². The number of aryl methyl sites for hydroxylation is 2. The van der Waals surface area contributed by atoms with Crippen LogP contribution in [-0.2, 0) is 23.2 Å². The summed E-state index contributed by atoms with van der Waals surface area (Å²) in [5, 5.41) is 16.4. The van der Waals surface area contributed by atoms with Gasteiger partial charge in [-0.15, -0.1) is 0 Å². The van der Waals surface area contributed by atoms with Crippen LogP contribution < -0.4 is 5.32 Å². The van der Waals surface area contributed by atoms with E-state index in [2.05, 4.69) is 10.4 Å². The third-order valence-corrected chi connectivity index (χ3v) is 4.52. The zero-order valence-electron chi connectivity index (χ0n) is 12.8. The summed E-state index contributed by atoms with van der Waals surface area (Å²) in [7, 11) is 1.87. The highest BCUT2D eigenvalue weighted by atomic mass is 16.4. The molecule has 0 aromatic carbocycles. The predicted molar refractivity (Wildman–Crippen MR) is 77.6 cm³/mol. The Morgan fingerprint density at radius 1 is 1.29 bits per heavy atom. The average molecular weight is 293 g/mol. The minimum absolute atomic E-state index is 0.148. The van der Waals surface area contributed by atoms with Crippen molar-refractivity contribution in [1.82, 2.24) is 15.1 Å². The molecule has 0 unspecified atom stereocenters. The second-order valence-electron chi connectivity index (χ2n) is 5.83. The third kappa shape index (κ3) is 3.25. The molecule has 0 aliphatic heterocycles. The monoisotopic (exact) mass is 293 g/mol. The lowest BCUT2D eigenvalue weighted by atomic mass is 9.78. The van der Waals surface area contributed by atoms with Crippen LogP contribution in [0.4, 0.5) is 0 Å². The molecule has 1 heterocycles.